The van der Waals surface area contributed by atoms with Crippen molar-refractivity contribution >= 4 is 10.9 Å². The van der Waals surface area contributed by atoms with Crippen molar-refractivity contribution in [3.05, 3.63) is 40.1 Å². The largest absolute Gasteiger partial charge is 0.418 e. The molecular weight excluding hydrogens is 259 g/mol. The summed E-state index contributed by atoms with van der Waals surface area (Å²) in [5, 5.41) is -0.164. The van der Waals surface area contributed by atoms with Crippen LogP contribution in [0, 0.1) is 0 Å². The molecule has 1 aromatic carbocycles. The van der Waals surface area contributed by atoms with Crippen LogP contribution in [0.25, 0.3) is 10.9 Å². The topological polar surface area (TPSA) is 43.1 Å². The van der Waals surface area contributed by atoms with Crippen molar-refractivity contribution in [2.45, 2.75) is 32.4 Å². The van der Waals surface area contributed by atoms with Crippen LogP contribution >= 0.6 is 0 Å². The Kier molecular flexibility index (Phi) is 2.91. The average Bonchev–Trinajstić information content (AvgIpc) is 2.25. The maximum absolute atomic E-state index is 12.9. The molecule has 0 fully saturated rings. The summed E-state index contributed by atoms with van der Waals surface area (Å²) in [6, 6.07) is 3.34. The van der Waals surface area contributed by atoms with Gasteiger partial charge in [-0.15, -0.1) is 0 Å². The van der Waals surface area contributed by atoms with E-state index in [4.69, 9.17) is 4.42 Å². The van der Waals surface area contributed by atoms with E-state index in [0.29, 0.717) is 0 Å². The number of halogens is 3. The molecule has 0 aliphatic heterocycles. The Morgan fingerprint density at radius 1 is 1.16 bits per heavy atom. The SMILES string of the molecule is CC(C)(C)c1nc2c(C(F)(F)F)cccc2c(=O)o1. The van der Waals surface area contributed by atoms with Crippen LogP contribution in [0.15, 0.2) is 27.4 Å². The predicted octanol–water partition coefficient (Wildman–Crippen LogP) is 3.50. The van der Waals surface area contributed by atoms with Gasteiger partial charge in [0.1, 0.15) is 0 Å². The summed E-state index contributed by atoms with van der Waals surface area (Å²) in [4.78, 5) is 15.6. The monoisotopic (exact) mass is 271 g/mol. The molecule has 102 valence electrons. The molecular formula is C13H12F3NO2. The summed E-state index contributed by atoms with van der Waals surface area (Å²) in [7, 11) is 0. The van der Waals surface area contributed by atoms with E-state index in [-0.39, 0.29) is 16.8 Å². The third-order valence-electron chi connectivity index (χ3n) is 2.61. The highest BCUT2D eigenvalue weighted by Gasteiger charge is 2.34. The van der Waals surface area contributed by atoms with Crippen LogP contribution in [-0.4, -0.2) is 4.98 Å². The first-order valence-corrected chi connectivity index (χ1v) is 5.62. The highest BCUT2D eigenvalue weighted by Crippen LogP contribution is 2.33. The van der Waals surface area contributed by atoms with Gasteiger partial charge in [0.2, 0.25) is 5.89 Å². The maximum Gasteiger partial charge on any atom is 0.418 e. The summed E-state index contributed by atoms with van der Waals surface area (Å²) in [5.74, 6) is -0.0123. The molecule has 0 aliphatic rings. The van der Waals surface area contributed by atoms with Crippen molar-refractivity contribution < 1.29 is 17.6 Å². The van der Waals surface area contributed by atoms with Crippen molar-refractivity contribution in [1.82, 2.24) is 4.98 Å². The Morgan fingerprint density at radius 3 is 2.32 bits per heavy atom. The van der Waals surface area contributed by atoms with E-state index in [2.05, 4.69) is 4.98 Å². The number of nitrogens with zero attached hydrogens (tertiary/aromatic N) is 1. The maximum atomic E-state index is 12.9. The molecule has 0 atom stereocenters. The molecule has 3 nitrogen and oxygen atoms in total. The zero-order valence-electron chi connectivity index (χ0n) is 10.6. The van der Waals surface area contributed by atoms with Crippen LogP contribution < -0.4 is 5.63 Å². The van der Waals surface area contributed by atoms with E-state index in [0.717, 1.165) is 6.07 Å². The minimum atomic E-state index is -4.56. The van der Waals surface area contributed by atoms with Crippen molar-refractivity contribution in [2.24, 2.45) is 0 Å². The number of hydrogen-bond acceptors (Lipinski definition) is 3. The van der Waals surface area contributed by atoms with Gasteiger partial charge in [0.05, 0.1) is 16.5 Å². The fourth-order valence-electron chi connectivity index (χ4n) is 1.65. The molecule has 0 aliphatic carbocycles. The molecule has 0 N–H and O–H groups in total. The van der Waals surface area contributed by atoms with Crippen molar-refractivity contribution in [1.29, 1.82) is 0 Å². The highest BCUT2D eigenvalue weighted by atomic mass is 19.4. The van der Waals surface area contributed by atoms with Gasteiger partial charge in [0.25, 0.3) is 0 Å². The molecule has 0 saturated heterocycles. The first kappa shape index (κ1) is 13.6. The van der Waals surface area contributed by atoms with Crippen LogP contribution in [0.2, 0.25) is 0 Å². The number of fused-ring (bicyclic) bond motifs is 1. The number of benzene rings is 1. The summed E-state index contributed by atoms with van der Waals surface area (Å²) in [5.41, 5.74) is -2.74. The number of hydrogen-bond donors (Lipinski definition) is 0. The van der Waals surface area contributed by atoms with Gasteiger partial charge in [-0.25, -0.2) is 9.78 Å². The fourth-order valence-corrected chi connectivity index (χ4v) is 1.65. The molecule has 2 aromatic rings. The van der Waals surface area contributed by atoms with E-state index in [9.17, 15) is 18.0 Å². The lowest BCUT2D eigenvalue weighted by Gasteiger charge is -2.16. The highest BCUT2D eigenvalue weighted by molar-refractivity contribution is 5.81. The van der Waals surface area contributed by atoms with Crippen LogP contribution in [0.3, 0.4) is 0 Å². The van der Waals surface area contributed by atoms with Gasteiger partial charge < -0.3 is 4.42 Å². The molecule has 0 amide bonds. The summed E-state index contributed by atoms with van der Waals surface area (Å²) in [6.07, 6.45) is -4.56. The lowest BCUT2D eigenvalue weighted by atomic mass is 9.96. The molecule has 2 rings (SSSR count). The smallest absolute Gasteiger partial charge is 0.407 e. The van der Waals surface area contributed by atoms with E-state index >= 15 is 0 Å². The molecule has 6 heteroatoms. The minimum absolute atomic E-state index is 0.0123. The molecule has 19 heavy (non-hydrogen) atoms. The Hall–Kier alpha value is -1.85. The van der Waals surface area contributed by atoms with E-state index in [1.807, 2.05) is 0 Å². The van der Waals surface area contributed by atoms with Gasteiger partial charge in [-0.1, -0.05) is 26.8 Å². The minimum Gasteiger partial charge on any atom is -0.407 e. The number of aromatic nitrogens is 1. The molecule has 1 heterocycles. The third kappa shape index (κ3) is 2.47. The van der Waals surface area contributed by atoms with Crippen LogP contribution in [0.1, 0.15) is 32.2 Å². The van der Waals surface area contributed by atoms with Gasteiger partial charge in [0, 0.05) is 5.41 Å². The molecule has 0 saturated carbocycles. The van der Waals surface area contributed by atoms with Crippen LogP contribution in [0.5, 0.6) is 0 Å². The molecule has 0 bridgehead atoms. The normalized spacial score (nSPS) is 12.9. The van der Waals surface area contributed by atoms with Gasteiger partial charge in [-0.05, 0) is 12.1 Å². The number of alkyl halides is 3. The fraction of sp³-hybridized carbons (Fsp3) is 0.385. The Labute approximate surface area is 107 Å². The molecule has 0 radical (unpaired) electrons. The van der Waals surface area contributed by atoms with E-state index in [1.54, 1.807) is 20.8 Å². The first-order valence-electron chi connectivity index (χ1n) is 5.62. The van der Waals surface area contributed by atoms with E-state index in [1.165, 1.54) is 12.1 Å². The van der Waals surface area contributed by atoms with Gasteiger partial charge in [-0.3, -0.25) is 0 Å². The molecule has 1 aromatic heterocycles. The summed E-state index contributed by atoms with van der Waals surface area (Å²) >= 11 is 0. The average molecular weight is 271 g/mol. The Balaban J connectivity index is 2.89. The second-order valence-electron chi connectivity index (χ2n) is 5.26. The predicted molar refractivity (Wildman–Crippen MR) is 64.0 cm³/mol. The second kappa shape index (κ2) is 4.08. The Bertz CT molecular complexity index is 681. The van der Waals surface area contributed by atoms with Gasteiger partial charge >= 0.3 is 11.8 Å². The summed E-state index contributed by atoms with van der Waals surface area (Å²) < 4.78 is 43.7. The number of para-hydroxylation sites is 1. The first-order chi connectivity index (χ1) is 8.60. The zero-order valence-corrected chi connectivity index (χ0v) is 10.6. The van der Waals surface area contributed by atoms with Crippen LogP contribution in [-0.2, 0) is 11.6 Å². The standard InChI is InChI=1S/C13H12F3NO2/c1-12(2,3)11-17-9-7(10(18)19-11)5-4-6-8(9)13(14,15)16/h4-6H,1-3H3. The third-order valence-corrected chi connectivity index (χ3v) is 2.61. The Morgan fingerprint density at radius 2 is 1.79 bits per heavy atom. The molecule has 0 spiro atoms. The number of rotatable bonds is 0. The molecule has 0 unspecified atom stereocenters. The lowest BCUT2D eigenvalue weighted by molar-refractivity contribution is -0.136. The van der Waals surface area contributed by atoms with Crippen molar-refractivity contribution in [2.75, 3.05) is 0 Å². The second-order valence-corrected chi connectivity index (χ2v) is 5.26. The quantitative estimate of drug-likeness (QED) is 0.736. The van der Waals surface area contributed by atoms with Gasteiger partial charge in [0.15, 0.2) is 0 Å². The van der Waals surface area contributed by atoms with Crippen LogP contribution in [0.4, 0.5) is 13.2 Å². The van der Waals surface area contributed by atoms with Crippen molar-refractivity contribution in [3.63, 3.8) is 0 Å². The van der Waals surface area contributed by atoms with E-state index < -0.39 is 22.8 Å². The van der Waals surface area contributed by atoms with Gasteiger partial charge in [-0.2, -0.15) is 13.2 Å². The lowest BCUT2D eigenvalue weighted by Crippen LogP contribution is -2.19. The summed E-state index contributed by atoms with van der Waals surface area (Å²) in [6.45, 7) is 5.13. The van der Waals surface area contributed by atoms with Crippen molar-refractivity contribution in [3.8, 4) is 0 Å². The zero-order chi connectivity index (χ0) is 14.4.